The lowest BCUT2D eigenvalue weighted by Crippen LogP contribution is -2.40. The van der Waals surface area contributed by atoms with Crippen molar-refractivity contribution in [1.82, 2.24) is 5.32 Å². The summed E-state index contributed by atoms with van der Waals surface area (Å²) in [7, 11) is -3.94. The summed E-state index contributed by atoms with van der Waals surface area (Å²) in [5, 5.41) is 2.80. The molecule has 32 heavy (non-hydrogen) atoms. The zero-order valence-corrected chi connectivity index (χ0v) is 18.7. The summed E-state index contributed by atoms with van der Waals surface area (Å²) in [6.45, 7) is 3.83. The minimum atomic E-state index is -3.94. The van der Waals surface area contributed by atoms with Crippen LogP contribution in [0.15, 0.2) is 71.6 Å². The number of aryl methyl sites for hydroxylation is 2. The van der Waals surface area contributed by atoms with Crippen molar-refractivity contribution in [3.05, 3.63) is 83.4 Å². The van der Waals surface area contributed by atoms with Gasteiger partial charge in [-0.05, 0) is 61.4 Å². The number of benzene rings is 3. The summed E-state index contributed by atoms with van der Waals surface area (Å²) in [6.07, 6.45) is 0. The fraction of sp³-hybridized carbons (Fsp3) is 0.208. The molecule has 3 aromatic rings. The van der Waals surface area contributed by atoms with Gasteiger partial charge in [0, 0.05) is 6.54 Å². The summed E-state index contributed by atoms with van der Waals surface area (Å²) in [5.74, 6) is 0.870. The Morgan fingerprint density at radius 1 is 0.938 bits per heavy atom. The van der Waals surface area contributed by atoms with Crippen LogP contribution in [0.25, 0.3) is 0 Å². The van der Waals surface area contributed by atoms with Crippen LogP contribution in [0.2, 0.25) is 0 Å². The van der Waals surface area contributed by atoms with E-state index in [1.807, 2.05) is 26.0 Å². The van der Waals surface area contributed by atoms with Gasteiger partial charge in [0.05, 0.1) is 10.6 Å². The van der Waals surface area contributed by atoms with Crippen molar-refractivity contribution in [3.63, 3.8) is 0 Å². The third kappa shape index (κ3) is 4.70. The number of ether oxygens (including phenoxy) is 2. The van der Waals surface area contributed by atoms with Gasteiger partial charge in [0.2, 0.25) is 12.7 Å². The topological polar surface area (TPSA) is 84.9 Å². The van der Waals surface area contributed by atoms with E-state index in [1.54, 1.807) is 54.6 Å². The highest BCUT2D eigenvalue weighted by Gasteiger charge is 2.27. The summed E-state index contributed by atoms with van der Waals surface area (Å²) in [4.78, 5) is 12.9. The molecule has 1 heterocycles. The molecular formula is C24H24N2O5S. The van der Waals surface area contributed by atoms with E-state index in [9.17, 15) is 13.2 Å². The maximum absolute atomic E-state index is 13.4. The van der Waals surface area contributed by atoms with Crippen LogP contribution in [-0.4, -0.2) is 27.7 Å². The molecule has 0 bridgehead atoms. The number of nitrogens with one attached hydrogen (secondary N) is 1. The van der Waals surface area contributed by atoms with Gasteiger partial charge in [0.1, 0.15) is 6.54 Å². The molecule has 1 aliphatic heterocycles. The van der Waals surface area contributed by atoms with E-state index in [1.165, 1.54) is 0 Å². The van der Waals surface area contributed by atoms with Crippen molar-refractivity contribution in [3.8, 4) is 11.5 Å². The summed E-state index contributed by atoms with van der Waals surface area (Å²) >= 11 is 0. The molecule has 0 fully saturated rings. The van der Waals surface area contributed by atoms with Gasteiger partial charge < -0.3 is 14.8 Å². The molecule has 0 unspecified atom stereocenters. The second-order valence-electron chi connectivity index (χ2n) is 7.63. The third-order valence-electron chi connectivity index (χ3n) is 5.11. The van der Waals surface area contributed by atoms with Gasteiger partial charge in [-0.2, -0.15) is 0 Å². The number of sulfonamides is 1. The highest BCUT2D eigenvalue weighted by atomic mass is 32.2. The highest BCUT2D eigenvalue weighted by Crippen LogP contribution is 2.32. The molecular weight excluding hydrogens is 428 g/mol. The Hall–Kier alpha value is -3.52. The number of nitrogens with zero attached hydrogens (tertiary/aromatic N) is 1. The van der Waals surface area contributed by atoms with Crippen molar-refractivity contribution < 1.29 is 22.7 Å². The summed E-state index contributed by atoms with van der Waals surface area (Å²) in [6, 6.07) is 19.1. The number of amides is 1. The Balaban J connectivity index is 1.55. The van der Waals surface area contributed by atoms with Crippen LogP contribution in [0, 0.1) is 13.8 Å². The van der Waals surface area contributed by atoms with E-state index in [2.05, 4.69) is 5.32 Å². The van der Waals surface area contributed by atoms with Crippen LogP contribution < -0.4 is 19.1 Å². The first kappa shape index (κ1) is 21.7. The minimum Gasteiger partial charge on any atom is -0.454 e. The predicted molar refractivity (Wildman–Crippen MR) is 121 cm³/mol. The van der Waals surface area contributed by atoms with Crippen molar-refractivity contribution in [2.75, 3.05) is 17.6 Å². The van der Waals surface area contributed by atoms with Crippen LogP contribution >= 0.6 is 0 Å². The van der Waals surface area contributed by atoms with Crippen molar-refractivity contribution >= 4 is 21.6 Å². The molecule has 0 aliphatic carbocycles. The van der Waals surface area contributed by atoms with E-state index in [4.69, 9.17) is 9.47 Å². The van der Waals surface area contributed by atoms with Crippen LogP contribution in [-0.2, 0) is 21.4 Å². The standard InChI is InChI=1S/C24H24N2O5S/c1-17-6-9-21(10-7-17)32(28,29)26(20-5-3-4-18(2)12-20)15-24(27)25-14-19-8-11-22-23(13-19)31-16-30-22/h3-13H,14-16H2,1-2H3,(H,25,27). The lowest BCUT2D eigenvalue weighted by atomic mass is 10.2. The Labute approximate surface area is 187 Å². The second kappa shape index (κ2) is 8.92. The van der Waals surface area contributed by atoms with E-state index < -0.39 is 15.9 Å². The molecule has 166 valence electrons. The number of carbonyl (C=O) groups excluding carboxylic acids is 1. The molecule has 0 aromatic heterocycles. The van der Waals surface area contributed by atoms with Crippen molar-refractivity contribution in [2.45, 2.75) is 25.3 Å². The number of hydrogen-bond donors (Lipinski definition) is 1. The average Bonchev–Trinajstić information content (AvgIpc) is 3.24. The lowest BCUT2D eigenvalue weighted by Gasteiger charge is -2.24. The smallest absolute Gasteiger partial charge is 0.264 e. The Morgan fingerprint density at radius 3 is 2.44 bits per heavy atom. The molecule has 0 radical (unpaired) electrons. The maximum atomic E-state index is 13.4. The SMILES string of the molecule is Cc1ccc(S(=O)(=O)N(CC(=O)NCc2ccc3c(c2)OCO3)c2cccc(C)c2)cc1. The lowest BCUT2D eigenvalue weighted by molar-refractivity contribution is -0.119. The van der Waals surface area contributed by atoms with Gasteiger partial charge in [-0.3, -0.25) is 9.10 Å². The van der Waals surface area contributed by atoms with Crippen LogP contribution in [0.1, 0.15) is 16.7 Å². The van der Waals surface area contributed by atoms with Crippen LogP contribution in [0.4, 0.5) is 5.69 Å². The Morgan fingerprint density at radius 2 is 1.69 bits per heavy atom. The highest BCUT2D eigenvalue weighted by molar-refractivity contribution is 7.92. The number of fused-ring (bicyclic) bond motifs is 1. The fourth-order valence-corrected chi connectivity index (χ4v) is 4.79. The number of rotatable bonds is 7. The van der Waals surface area contributed by atoms with Gasteiger partial charge in [-0.15, -0.1) is 0 Å². The first-order valence-electron chi connectivity index (χ1n) is 10.1. The quantitative estimate of drug-likeness (QED) is 0.593. The van der Waals surface area contributed by atoms with Crippen LogP contribution in [0.5, 0.6) is 11.5 Å². The van der Waals surface area contributed by atoms with E-state index in [-0.39, 0.29) is 24.8 Å². The summed E-state index contributed by atoms with van der Waals surface area (Å²) < 4.78 is 38.6. The van der Waals surface area contributed by atoms with E-state index in [0.29, 0.717) is 17.2 Å². The molecule has 1 N–H and O–H groups in total. The van der Waals surface area contributed by atoms with Gasteiger partial charge in [-0.25, -0.2) is 8.42 Å². The van der Waals surface area contributed by atoms with Crippen LogP contribution in [0.3, 0.4) is 0 Å². The molecule has 0 saturated heterocycles. The summed E-state index contributed by atoms with van der Waals surface area (Å²) in [5.41, 5.74) is 3.11. The normalized spacial score (nSPS) is 12.4. The van der Waals surface area contributed by atoms with Crippen molar-refractivity contribution in [2.24, 2.45) is 0 Å². The largest absolute Gasteiger partial charge is 0.454 e. The maximum Gasteiger partial charge on any atom is 0.264 e. The zero-order chi connectivity index (χ0) is 22.7. The third-order valence-corrected chi connectivity index (χ3v) is 6.90. The Kier molecular flexibility index (Phi) is 6.05. The van der Waals surface area contributed by atoms with Gasteiger partial charge >= 0.3 is 0 Å². The average molecular weight is 453 g/mol. The second-order valence-corrected chi connectivity index (χ2v) is 9.49. The zero-order valence-electron chi connectivity index (χ0n) is 17.9. The monoisotopic (exact) mass is 452 g/mol. The molecule has 0 spiro atoms. The Bertz CT molecular complexity index is 1240. The molecule has 0 saturated carbocycles. The molecule has 8 heteroatoms. The number of anilines is 1. The number of carbonyl (C=O) groups is 1. The molecule has 3 aromatic carbocycles. The van der Waals surface area contributed by atoms with E-state index in [0.717, 1.165) is 21.0 Å². The molecule has 1 aliphatic rings. The molecule has 0 atom stereocenters. The molecule has 7 nitrogen and oxygen atoms in total. The van der Waals surface area contributed by atoms with Gasteiger partial charge in [0.25, 0.3) is 10.0 Å². The molecule has 4 rings (SSSR count). The van der Waals surface area contributed by atoms with Gasteiger partial charge in [-0.1, -0.05) is 35.9 Å². The van der Waals surface area contributed by atoms with E-state index >= 15 is 0 Å². The van der Waals surface area contributed by atoms with Gasteiger partial charge in [0.15, 0.2) is 11.5 Å². The first-order valence-corrected chi connectivity index (χ1v) is 11.6. The minimum absolute atomic E-state index is 0.133. The molecule has 1 amide bonds. The fourth-order valence-electron chi connectivity index (χ4n) is 3.37. The van der Waals surface area contributed by atoms with Crippen molar-refractivity contribution in [1.29, 1.82) is 0 Å². The first-order chi connectivity index (χ1) is 15.3. The number of hydrogen-bond acceptors (Lipinski definition) is 5. The predicted octanol–water partition coefficient (Wildman–Crippen LogP) is 3.54.